The van der Waals surface area contributed by atoms with E-state index in [0.29, 0.717) is 29.8 Å². The second-order valence-corrected chi connectivity index (χ2v) is 10.3. The minimum atomic E-state index is -0.376. The van der Waals surface area contributed by atoms with Crippen LogP contribution in [-0.4, -0.2) is 31.8 Å². The molecule has 4 rings (SSSR count). The first-order chi connectivity index (χ1) is 15.5. The number of carbonyl (C=O) groups is 1. The third-order valence-electron chi connectivity index (χ3n) is 7.11. The maximum absolute atomic E-state index is 12.7. The van der Waals surface area contributed by atoms with Crippen LogP contribution in [0, 0.1) is 17.8 Å². The van der Waals surface area contributed by atoms with Gasteiger partial charge in [0, 0.05) is 36.1 Å². The van der Waals surface area contributed by atoms with Gasteiger partial charge in [-0.3, -0.25) is 14.4 Å². The summed E-state index contributed by atoms with van der Waals surface area (Å²) in [5, 5.41) is 6.35. The number of nitrogens with one attached hydrogen (secondary N) is 2. The Kier molecular flexibility index (Phi) is 7.23. The van der Waals surface area contributed by atoms with Crippen molar-refractivity contribution in [3.63, 3.8) is 0 Å². The predicted molar refractivity (Wildman–Crippen MR) is 133 cm³/mol. The molecule has 2 N–H and O–H groups in total. The van der Waals surface area contributed by atoms with Crippen molar-refractivity contribution < 1.29 is 4.79 Å². The van der Waals surface area contributed by atoms with Crippen LogP contribution in [0.2, 0.25) is 0 Å². The quantitative estimate of drug-likeness (QED) is 0.484. The highest BCUT2D eigenvalue weighted by atomic mass is 32.2. The molecule has 0 spiro atoms. The van der Waals surface area contributed by atoms with Crippen molar-refractivity contribution in [1.29, 1.82) is 0 Å². The van der Waals surface area contributed by atoms with Gasteiger partial charge in [0.05, 0.1) is 0 Å². The lowest BCUT2D eigenvalue weighted by atomic mass is 9.81. The van der Waals surface area contributed by atoms with Gasteiger partial charge in [0.2, 0.25) is 5.91 Å². The van der Waals surface area contributed by atoms with E-state index in [1.807, 2.05) is 30.5 Å². The van der Waals surface area contributed by atoms with Crippen molar-refractivity contribution in [2.24, 2.45) is 17.8 Å². The minimum Gasteiger partial charge on any atom is -0.380 e. The summed E-state index contributed by atoms with van der Waals surface area (Å²) in [7, 11) is 0. The SMILES string of the molecule is CSc1cccc(NC(=O)C2CCC(CNc3c(N4CCC(C)CC4)c(=O)c3=O)CC2)c1. The fourth-order valence-corrected chi connectivity index (χ4v) is 5.36. The highest BCUT2D eigenvalue weighted by molar-refractivity contribution is 7.98. The van der Waals surface area contributed by atoms with Gasteiger partial charge in [-0.15, -0.1) is 11.8 Å². The number of rotatable bonds is 7. The van der Waals surface area contributed by atoms with E-state index in [2.05, 4.69) is 22.5 Å². The Balaban J connectivity index is 1.26. The summed E-state index contributed by atoms with van der Waals surface area (Å²) in [5.74, 6) is 1.22. The van der Waals surface area contributed by atoms with Crippen LogP contribution in [0.4, 0.5) is 17.1 Å². The Morgan fingerprint density at radius 2 is 1.78 bits per heavy atom. The van der Waals surface area contributed by atoms with Crippen molar-refractivity contribution in [2.75, 3.05) is 41.4 Å². The molecule has 1 aliphatic heterocycles. The molecule has 2 aromatic carbocycles. The molecule has 6 nitrogen and oxygen atoms in total. The van der Waals surface area contributed by atoms with Crippen LogP contribution in [0.25, 0.3) is 0 Å². The average Bonchev–Trinajstić information content (AvgIpc) is 2.82. The Hall–Kier alpha value is -2.28. The molecular weight excluding hydrogens is 422 g/mol. The van der Waals surface area contributed by atoms with E-state index < -0.39 is 0 Å². The number of anilines is 3. The molecule has 1 saturated carbocycles. The first-order valence-corrected chi connectivity index (χ1v) is 13.0. The van der Waals surface area contributed by atoms with Gasteiger partial charge in [0.15, 0.2) is 0 Å². The lowest BCUT2D eigenvalue weighted by molar-refractivity contribution is -0.121. The molecule has 0 bridgehead atoms. The van der Waals surface area contributed by atoms with Crippen LogP contribution in [-0.2, 0) is 4.79 Å². The summed E-state index contributed by atoms with van der Waals surface area (Å²) in [6.07, 6.45) is 7.74. The molecule has 1 amide bonds. The molecular formula is C25H33N3O3S. The highest BCUT2D eigenvalue weighted by Crippen LogP contribution is 2.31. The van der Waals surface area contributed by atoms with Crippen molar-refractivity contribution in [2.45, 2.75) is 50.3 Å². The zero-order valence-electron chi connectivity index (χ0n) is 19.0. The van der Waals surface area contributed by atoms with Crippen molar-refractivity contribution in [3.05, 3.63) is 44.7 Å². The normalized spacial score (nSPS) is 22.1. The van der Waals surface area contributed by atoms with Gasteiger partial charge in [-0.2, -0.15) is 0 Å². The number of piperidine rings is 1. The molecule has 0 unspecified atom stereocenters. The van der Waals surface area contributed by atoms with Gasteiger partial charge in [-0.25, -0.2) is 0 Å². The third-order valence-corrected chi connectivity index (χ3v) is 7.83. The number of nitrogens with zero attached hydrogens (tertiary/aromatic N) is 1. The Morgan fingerprint density at radius 3 is 2.47 bits per heavy atom. The van der Waals surface area contributed by atoms with Crippen molar-refractivity contribution in [1.82, 2.24) is 0 Å². The number of benzene rings is 1. The topological polar surface area (TPSA) is 78.5 Å². The Labute approximate surface area is 193 Å². The lowest BCUT2D eigenvalue weighted by Crippen LogP contribution is -2.45. The van der Waals surface area contributed by atoms with Crippen molar-refractivity contribution in [3.8, 4) is 0 Å². The Morgan fingerprint density at radius 1 is 1.06 bits per heavy atom. The summed E-state index contributed by atoms with van der Waals surface area (Å²) in [6, 6.07) is 7.93. The summed E-state index contributed by atoms with van der Waals surface area (Å²) in [6.45, 7) is 4.62. The largest absolute Gasteiger partial charge is 0.380 e. The van der Waals surface area contributed by atoms with Crippen LogP contribution in [0.15, 0.2) is 38.8 Å². The summed E-state index contributed by atoms with van der Waals surface area (Å²) < 4.78 is 0. The van der Waals surface area contributed by atoms with Crippen LogP contribution < -0.4 is 26.4 Å². The van der Waals surface area contributed by atoms with E-state index in [-0.39, 0.29) is 22.7 Å². The molecule has 172 valence electrons. The van der Waals surface area contributed by atoms with E-state index >= 15 is 0 Å². The minimum absolute atomic E-state index is 0.0289. The molecule has 0 atom stereocenters. The first-order valence-electron chi connectivity index (χ1n) is 11.7. The van der Waals surface area contributed by atoms with E-state index in [0.717, 1.165) is 62.2 Å². The molecule has 2 fully saturated rings. The zero-order valence-corrected chi connectivity index (χ0v) is 19.8. The highest BCUT2D eigenvalue weighted by Gasteiger charge is 2.30. The fraction of sp³-hybridized carbons (Fsp3) is 0.560. The number of carbonyl (C=O) groups excluding carboxylic acids is 1. The molecule has 2 aromatic rings. The molecule has 1 heterocycles. The van der Waals surface area contributed by atoms with Crippen molar-refractivity contribution >= 4 is 34.7 Å². The predicted octanol–water partition coefficient (Wildman–Crippen LogP) is 4.10. The van der Waals surface area contributed by atoms with E-state index in [1.165, 1.54) is 0 Å². The number of thioether (sulfide) groups is 1. The second kappa shape index (κ2) is 10.1. The fourth-order valence-electron chi connectivity index (χ4n) is 4.90. The average molecular weight is 456 g/mol. The molecule has 0 aromatic heterocycles. The number of hydrogen-bond acceptors (Lipinski definition) is 6. The van der Waals surface area contributed by atoms with Gasteiger partial charge in [-0.05, 0) is 74.8 Å². The van der Waals surface area contributed by atoms with Gasteiger partial charge in [-0.1, -0.05) is 13.0 Å². The molecule has 2 aliphatic rings. The molecule has 1 aliphatic carbocycles. The molecule has 1 saturated heterocycles. The molecule has 32 heavy (non-hydrogen) atoms. The summed E-state index contributed by atoms with van der Waals surface area (Å²) >= 11 is 1.66. The van der Waals surface area contributed by atoms with Crippen LogP contribution in [0.1, 0.15) is 45.4 Å². The smallest absolute Gasteiger partial charge is 0.253 e. The zero-order chi connectivity index (χ0) is 22.7. The van der Waals surface area contributed by atoms with Crippen LogP contribution in [0.5, 0.6) is 0 Å². The van der Waals surface area contributed by atoms with Crippen LogP contribution in [0.3, 0.4) is 0 Å². The Bertz CT molecular complexity index is 1010. The molecule has 7 heteroatoms. The molecule has 0 radical (unpaired) electrons. The van der Waals surface area contributed by atoms with Gasteiger partial charge in [0.1, 0.15) is 11.4 Å². The maximum atomic E-state index is 12.7. The first kappa shape index (κ1) is 22.9. The third kappa shape index (κ3) is 5.03. The summed E-state index contributed by atoms with van der Waals surface area (Å²) in [4.78, 5) is 40.2. The van der Waals surface area contributed by atoms with Gasteiger partial charge >= 0.3 is 0 Å². The number of hydrogen-bond donors (Lipinski definition) is 2. The monoisotopic (exact) mass is 455 g/mol. The maximum Gasteiger partial charge on any atom is 0.253 e. The van der Waals surface area contributed by atoms with E-state index in [1.54, 1.807) is 11.8 Å². The lowest BCUT2D eigenvalue weighted by Gasteiger charge is -2.34. The van der Waals surface area contributed by atoms with Gasteiger partial charge in [0.25, 0.3) is 10.9 Å². The second-order valence-electron chi connectivity index (χ2n) is 9.37. The van der Waals surface area contributed by atoms with E-state index in [4.69, 9.17) is 0 Å². The van der Waals surface area contributed by atoms with Crippen LogP contribution >= 0.6 is 11.8 Å². The van der Waals surface area contributed by atoms with E-state index in [9.17, 15) is 14.4 Å². The summed E-state index contributed by atoms with van der Waals surface area (Å²) in [5.41, 5.74) is 1.25. The van der Waals surface area contributed by atoms with Gasteiger partial charge < -0.3 is 15.5 Å². The standard InChI is InChI=1S/C25H33N3O3S/c1-16-10-12-28(13-11-16)22-21(23(29)24(22)30)26-15-17-6-8-18(9-7-17)25(31)27-19-4-3-5-20(14-19)32-2/h3-5,14,16-18,26H,6-13,15H2,1-2H3,(H,27,31). The number of amides is 1.